The highest BCUT2D eigenvalue weighted by Gasteiger charge is 2.52. The predicted molar refractivity (Wildman–Crippen MR) is 472 cm³/mol. The summed E-state index contributed by atoms with van der Waals surface area (Å²) in [7, 11) is 4.52. The lowest BCUT2D eigenvalue weighted by Gasteiger charge is -2.32. The second kappa shape index (κ2) is 33.3. The van der Waals surface area contributed by atoms with Crippen LogP contribution < -0.4 is 5.46 Å². The molecule has 8 nitrogen and oxygen atoms in total. The average molecular weight is 1690 g/mol. The fraction of sp³-hybridized carbons (Fsp3) is 0.217. The lowest BCUT2D eigenvalue weighted by Crippen LogP contribution is -2.44. The van der Waals surface area contributed by atoms with E-state index in [4.69, 9.17) is 36.6 Å². The normalized spacial score (nSPS) is 14.7. The molecule has 2 N–H and O–H groups in total. The van der Waals surface area contributed by atoms with E-state index in [-0.39, 0.29) is 29.5 Å². The highest BCUT2D eigenvalue weighted by atomic mass is 127. The van der Waals surface area contributed by atoms with E-state index < -0.39 is 18.2 Å². The molecule has 106 heavy (non-hydrogen) atoms. The lowest BCUT2D eigenvalue weighted by atomic mass is 9.63. The Kier molecular flexibility index (Phi) is 24.9. The number of fused-ring (bicyclic) bond motifs is 6. The van der Waals surface area contributed by atoms with Gasteiger partial charge in [-0.1, -0.05) is 267 Å². The van der Waals surface area contributed by atoms with Crippen LogP contribution in [-0.4, -0.2) is 84.7 Å². The number of rotatable bonds is 10. The number of hydrogen-bond donors (Lipinski definition) is 2. The molecule has 2 aliphatic heterocycles. The van der Waals surface area contributed by atoms with Gasteiger partial charge in [0, 0.05) is 37.4 Å². The van der Waals surface area contributed by atoms with Gasteiger partial charge in [-0.15, -0.1) is 0 Å². The highest BCUT2D eigenvalue weighted by Crippen LogP contribution is 2.42. The zero-order valence-electron chi connectivity index (χ0n) is 63.0. The van der Waals surface area contributed by atoms with Crippen LogP contribution in [-0.2, 0) is 18.6 Å². The standard InChI is InChI=1S/C42H36BNO2.C36H24BrN.C6H12B2O2.C6H14O2.2CH3I/c1-41(2)42(3,4)46-43(45-41)35-21-15-31(16-22-35)32-17-23-36(24-18-32)44-39-25-19-33(29-11-7-5-8-12-29)27-37(39)38-28-34(20-26-40(38)44)30-13-9-6-10-14-30;37-31-17-11-27(12-18-31)28-13-19-32(20-14-28)38-35-21-15-29(25-7-3-1-4-8-25)23-33(35)34-24-30(16-22-36(34)38)26-9-5-2-6-10-26;1-5(2)6(3,4)10-8(7)9-5;1-5(2,7)6(3,4)8;2*1-2/h5-28H,1-4H3;1-24H;1-4H3;7-8H,1-4H3;2*1H3. The third kappa shape index (κ3) is 17.5. The first-order valence-corrected chi connectivity index (χ1v) is 40.9. The van der Waals surface area contributed by atoms with Crippen LogP contribution in [0.1, 0.15) is 83.1 Å². The van der Waals surface area contributed by atoms with Crippen molar-refractivity contribution in [2.45, 2.75) is 117 Å². The molecule has 2 fully saturated rings. The number of hydrogen-bond acceptors (Lipinski definition) is 6. The molecule has 0 unspecified atom stereocenters. The number of aliphatic hydroxyl groups is 2. The van der Waals surface area contributed by atoms with Crippen LogP contribution in [0.4, 0.5) is 0 Å². The summed E-state index contributed by atoms with van der Waals surface area (Å²) in [6.45, 7) is 22.5. The Hall–Kier alpha value is -7.87. The van der Waals surface area contributed by atoms with E-state index in [2.05, 4.69) is 389 Å². The van der Waals surface area contributed by atoms with Gasteiger partial charge in [0.2, 0.25) is 0 Å². The minimum Gasteiger partial charge on any atom is -0.411 e. The third-order valence-corrected chi connectivity index (χ3v) is 21.5. The summed E-state index contributed by atoms with van der Waals surface area (Å²) < 4.78 is 29.0. The molecule has 2 saturated heterocycles. The fourth-order valence-electron chi connectivity index (χ4n) is 12.8. The van der Waals surface area contributed by atoms with Crippen LogP contribution in [0.25, 0.3) is 122 Å². The largest absolute Gasteiger partial charge is 0.494 e. The number of alkyl halides is 2. The Morgan fingerprint density at radius 2 is 0.528 bits per heavy atom. The molecular formula is C92H92B3BrI2N2O6. The Bertz CT molecular complexity index is 5020. The van der Waals surface area contributed by atoms with Gasteiger partial charge in [-0.2, -0.15) is 0 Å². The first kappa shape index (κ1) is 79.2. The summed E-state index contributed by atoms with van der Waals surface area (Å²) in [5, 5.41) is 23.2. The molecule has 16 rings (SSSR count). The van der Waals surface area contributed by atoms with Gasteiger partial charge in [-0.05, 0) is 250 Å². The summed E-state index contributed by atoms with van der Waals surface area (Å²) >= 11 is 7.84. The molecule has 14 heteroatoms. The molecule has 0 saturated carbocycles. The molecular weight excluding hydrogens is 1600 g/mol. The van der Waals surface area contributed by atoms with Gasteiger partial charge < -0.3 is 38.0 Å². The molecule has 12 aromatic carbocycles. The minimum atomic E-state index is -1.01. The van der Waals surface area contributed by atoms with Gasteiger partial charge in [-0.3, -0.25) is 0 Å². The van der Waals surface area contributed by atoms with Crippen LogP contribution in [0.2, 0.25) is 0 Å². The van der Waals surface area contributed by atoms with Crippen molar-refractivity contribution in [2.24, 2.45) is 0 Å². The summed E-state index contributed by atoms with van der Waals surface area (Å²) in [6.07, 6.45) is 0. The molecule has 2 aliphatic rings. The molecule has 14 aromatic rings. The van der Waals surface area contributed by atoms with Gasteiger partial charge in [0.05, 0.1) is 55.7 Å². The van der Waals surface area contributed by atoms with Crippen molar-refractivity contribution < 1.29 is 28.8 Å². The van der Waals surface area contributed by atoms with Gasteiger partial charge in [-0.25, -0.2) is 0 Å². The molecule has 0 bridgehead atoms. The number of halogens is 3. The van der Waals surface area contributed by atoms with Crippen LogP contribution in [0.15, 0.2) is 296 Å². The number of aromatic nitrogens is 2. The zero-order chi connectivity index (χ0) is 75.9. The summed E-state index contributed by atoms with van der Waals surface area (Å²) in [4.78, 5) is 3.94. The SMILES string of the molecule is Brc1ccc(-c2ccc(-n3c4ccc(-c5ccccc5)cc4c4cc(-c5ccccc5)ccc43)cc2)cc1.CC(C)(O)C(C)(C)O.CC1(C)OB(c2ccc(-c3ccc(-n4c5ccc(-c6ccccc6)cc5c5cc(-c6ccccc6)ccc54)cc3)cc2)OC1(C)C.CI.CI.[B]B1OC(C)(C)C(C)(C)O1. The lowest BCUT2D eigenvalue weighted by molar-refractivity contribution is -0.107. The topological polar surface area (TPSA) is 87.2 Å². The Morgan fingerprint density at radius 3 is 0.764 bits per heavy atom. The first-order valence-electron chi connectivity index (χ1n) is 35.7. The van der Waals surface area contributed by atoms with E-state index in [1.54, 1.807) is 27.7 Å². The summed E-state index contributed by atoms with van der Waals surface area (Å²) in [5.41, 5.74) is 19.4. The molecule has 2 radical (unpaired) electrons. The molecule has 536 valence electrons. The van der Waals surface area contributed by atoms with Crippen molar-refractivity contribution >= 4 is 132 Å². The van der Waals surface area contributed by atoms with Crippen molar-refractivity contribution in [3.63, 3.8) is 0 Å². The van der Waals surface area contributed by atoms with Gasteiger partial charge in [0.25, 0.3) is 0 Å². The zero-order valence-corrected chi connectivity index (χ0v) is 68.9. The fourth-order valence-corrected chi connectivity index (χ4v) is 13.1. The maximum Gasteiger partial charge on any atom is 0.494 e. The third-order valence-electron chi connectivity index (χ3n) is 20.9. The summed E-state index contributed by atoms with van der Waals surface area (Å²) in [5.74, 6) is 0. The van der Waals surface area contributed by atoms with Gasteiger partial charge >= 0.3 is 14.1 Å². The highest BCUT2D eigenvalue weighted by molar-refractivity contribution is 14.1. The Labute approximate surface area is 664 Å². The predicted octanol–water partition coefficient (Wildman–Crippen LogP) is 24.0. The van der Waals surface area contributed by atoms with Crippen molar-refractivity contribution in [3.8, 4) is 78.1 Å². The van der Waals surface area contributed by atoms with E-state index in [0.29, 0.717) is 0 Å². The van der Waals surface area contributed by atoms with E-state index in [9.17, 15) is 0 Å². The minimum absolute atomic E-state index is 0.285. The Balaban J connectivity index is 0.000000167. The maximum atomic E-state index is 9.10. The van der Waals surface area contributed by atoms with Crippen LogP contribution in [0.5, 0.6) is 0 Å². The van der Waals surface area contributed by atoms with E-state index in [1.165, 1.54) is 105 Å². The molecule has 0 amide bonds. The monoisotopic (exact) mass is 1690 g/mol. The van der Waals surface area contributed by atoms with E-state index in [0.717, 1.165) is 26.9 Å². The Morgan fingerprint density at radius 1 is 0.311 bits per heavy atom. The van der Waals surface area contributed by atoms with Crippen molar-refractivity contribution in [2.75, 3.05) is 9.86 Å². The smallest absolute Gasteiger partial charge is 0.411 e. The van der Waals surface area contributed by atoms with Crippen LogP contribution in [0.3, 0.4) is 0 Å². The first-order chi connectivity index (χ1) is 50.6. The van der Waals surface area contributed by atoms with Gasteiger partial charge in [0.1, 0.15) is 7.74 Å². The van der Waals surface area contributed by atoms with Crippen molar-refractivity contribution in [1.82, 2.24) is 9.13 Å². The second-order valence-corrected chi connectivity index (χ2v) is 30.5. The molecule has 2 aromatic heterocycles. The van der Waals surface area contributed by atoms with Crippen molar-refractivity contribution in [1.29, 1.82) is 0 Å². The molecule has 0 aliphatic carbocycles. The van der Waals surface area contributed by atoms with E-state index >= 15 is 0 Å². The molecule has 4 heterocycles. The molecule has 0 atom stereocenters. The number of benzene rings is 12. The second-order valence-electron chi connectivity index (χ2n) is 29.6. The molecule has 0 spiro atoms. The van der Waals surface area contributed by atoms with Crippen LogP contribution >= 0.6 is 61.1 Å². The van der Waals surface area contributed by atoms with E-state index in [1.807, 2.05) is 37.6 Å². The number of nitrogens with zero attached hydrogens (tertiary/aromatic N) is 2. The van der Waals surface area contributed by atoms with Crippen LogP contribution in [0, 0.1) is 0 Å². The van der Waals surface area contributed by atoms with Gasteiger partial charge in [0.15, 0.2) is 0 Å². The quantitative estimate of drug-likeness (QED) is 0.0806. The summed E-state index contributed by atoms with van der Waals surface area (Å²) in [6, 6.07) is 105. The maximum absolute atomic E-state index is 9.10. The van der Waals surface area contributed by atoms with Crippen molar-refractivity contribution in [3.05, 3.63) is 296 Å². The average Bonchev–Trinajstić information content (AvgIpc) is 1.60.